The van der Waals surface area contributed by atoms with E-state index in [0.29, 0.717) is 17.4 Å². The topological polar surface area (TPSA) is 47.6 Å². The molecule has 0 fully saturated rings. The molecule has 1 N–H and O–H groups in total. The number of fused-ring (bicyclic) bond motifs is 1. The molecule has 1 aliphatic rings. The highest BCUT2D eigenvalue weighted by molar-refractivity contribution is 7.10. The lowest BCUT2D eigenvalue weighted by molar-refractivity contribution is 0.102. The van der Waals surface area contributed by atoms with Gasteiger partial charge in [0.25, 0.3) is 5.91 Å². The van der Waals surface area contributed by atoms with Crippen LogP contribution >= 0.6 is 11.3 Å². The molecule has 1 aromatic heterocycles. The highest BCUT2D eigenvalue weighted by atomic mass is 32.1. The van der Waals surface area contributed by atoms with E-state index < -0.39 is 0 Å². The number of aryl methyl sites for hydroxylation is 1. The number of rotatable bonds is 4. The molecule has 0 radical (unpaired) electrons. The molecule has 0 aliphatic heterocycles. The largest absolute Gasteiger partial charge is 0.493 e. The fraction of sp³-hybridized carbons (Fsp3) is 0.421. The fourth-order valence-electron chi connectivity index (χ4n) is 3.17. The van der Waals surface area contributed by atoms with Crippen LogP contribution in [0.4, 0.5) is 5.69 Å². The van der Waals surface area contributed by atoms with Crippen molar-refractivity contribution >= 4 is 22.9 Å². The Morgan fingerprint density at radius 1 is 1.25 bits per heavy atom. The molecule has 128 valence electrons. The first-order valence-corrected chi connectivity index (χ1v) is 9.04. The van der Waals surface area contributed by atoms with Gasteiger partial charge in [-0.2, -0.15) is 0 Å². The first kappa shape index (κ1) is 16.8. The molecule has 0 saturated carbocycles. The Kier molecular flexibility index (Phi) is 4.81. The Hall–Kier alpha value is -2.01. The summed E-state index contributed by atoms with van der Waals surface area (Å²) in [6.07, 6.45) is 3.23. The van der Waals surface area contributed by atoms with E-state index in [2.05, 4.69) is 12.2 Å². The summed E-state index contributed by atoms with van der Waals surface area (Å²) in [6, 6.07) is 3.69. The second-order valence-electron chi connectivity index (χ2n) is 6.38. The van der Waals surface area contributed by atoms with E-state index in [-0.39, 0.29) is 5.91 Å². The number of anilines is 1. The van der Waals surface area contributed by atoms with E-state index in [9.17, 15) is 4.79 Å². The fourth-order valence-corrected chi connectivity index (χ4v) is 4.42. The molecule has 24 heavy (non-hydrogen) atoms. The normalized spacial score (nSPS) is 16.4. The van der Waals surface area contributed by atoms with Gasteiger partial charge in [0.05, 0.1) is 19.8 Å². The third kappa shape index (κ3) is 3.13. The lowest BCUT2D eigenvalue weighted by Gasteiger charge is -2.19. The van der Waals surface area contributed by atoms with Gasteiger partial charge in [-0.25, -0.2) is 0 Å². The number of thiophene rings is 1. The smallest absolute Gasteiger partial charge is 0.256 e. The van der Waals surface area contributed by atoms with Gasteiger partial charge < -0.3 is 14.8 Å². The number of hydrogen-bond donors (Lipinski definition) is 1. The Balaban J connectivity index is 1.86. The molecule has 3 rings (SSSR count). The average Bonchev–Trinajstić information content (AvgIpc) is 2.99. The molecule has 0 bridgehead atoms. The molecule has 0 spiro atoms. The summed E-state index contributed by atoms with van der Waals surface area (Å²) in [5, 5.41) is 5.03. The van der Waals surface area contributed by atoms with Crippen LogP contribution in [0.25, 0.3) is 0 Å². The number of ether oxygens (including phenoxy) is 2. The van der Waals surface area contributed by atoms with Crippen molar-refractivity contribution in [3.05, 3.63) is 39.1 Å². The molecule has 1 atom stereocenters. The zero-order chi connectivity index (χ0) is 17.3. The first-order valence-electron chi connectivity index (χ1n) is 8.16. The summed E-state index contributed by atoms with van der Waals surface area (Å²) in [4.78, 5) is 14.1. The number of hydrogen-bond acceptors (Lipinski definition) is 4. The number of benzene rings is 1. The SMILES string of the molecule is COc1cc(C)c(NC(=O)c2csc3c2CCC(C)C3)cc1OC. The molecule has 4 nitrogen and oxygen atoms in total. The van der Waals surface area contributed by atoms with Crippen molar-refractivity contribution in [2.24, 2.45) is 5.92 Å². The molecule has 5 heteroatoms. The van der Waals surface area contributed by atoms with Crippen molar-refractivity contribution in [1.29, 1.82) is 0 Å². The number of carbonyl (C=O) groups excluding carboxylic acids is 1. The zero-order valence-corrected chi connectivity index (χ0v) is 15.4. The summed E-state index contributed by atoms with van der Waals surface area (Å²) in [6.45, 7) is 4.22. The minimum Gasteiger partial charge on any atom is -0.493 e. The third-order valence-electron chi connectivity index (χ3n) is 4.63. The Labute approximate surface area is 146 Å². The predicted octanol–water partition coefficient (Wildman–Crippen LogP) is 4.45. The number of nitrogens with one attached hydrogen (secondary N) is 1. The molecular weight excluding hydrogens is 322 g/mol. The van der Waals surface area contributed by atoms with Crippen LogP contribution in [-0.4, -0.2) is 20.1 Å². The summed E-state index contributed by atoms with van der Waals surface area (Å²) < 4.78 is 10.6. The van der Waals surface area contributed by atoms with Crippen molar-refractivity contribution < 1.29 is 14.3 Å². The summed E-state index contributed by atoms with van der Waals surface area (Å²) in [7, 11) is 3.20. The monoisotopic (exact) mass is 345 g/mol. The zero-order valence-electron chi connectivity index (χ0n) is 14.6. The van der Waals surface area contributed by atoms with Crippen LogP contribution in [0.1, 0.15) is 39.7 Å². The maximum absolute atomic E-state index is 12.8. The quantitative estimate of drug-likeness (QED) is 0.890. The summed E-state index contributed by atoms with van der Waals surface area (Å²) in [5.74, 6) is 1.94. The Bertz CT molecular complexity index is 766. The van der Waals surface area contributed by atoms with E-state index in [1.54, 1.807) is 25.6 Å². The van der Waals surface area contributed by atoms with Crippen LogP contribution in [0.2, 0.25) is 0 Å². The van der Waals surface area contributed by atoms with Gasteiger partial charge in [-0.1, -0.05) is 6.92 Å². The van der Waals surface area contributed by atoms with Crippen LogP contribution in [0.15, 0.2) is 17.5 Å². The van der Waals surface area contributed by atoms with Crippen molar-refractivity contribution in [3.8, 4) is 11.5 Å². The van der Waals surface area contributed by atoms with Crippen molar-refractivity contribution in [2.75, 3.05) is 19.5 Å². The third-order valence-corrected chi connectivity index (χ3v) is 5.68. The average molecular weight is 345 g/mol. The molecule has 1 heterocycles. The van der Waals surface area contributed by atoms with Gasteiger partial charge in [0.1, 0.15) is 0 Å². The maximum Gasteiger partial charge on any atom is 0.256 e. The van der Waals surface area contributed by atoms with E-state index >= 15 is 0 Å². The number of methoxy groups -OCH3 is 2. The van der Waals surface area contributed by atoms with Gasteiger partial charge in [0.15, 0.2) is 11.5 Å². The molecule has 0 saturated heterocycles. The summed E-state index contributed by atoms with van der Waals surface area (Å²) >= 11 is 1.71. The van der Waals surface area contributed by atoms with Crippen LogP contribution < -0.4 is 14.8 Å². The molecule has 2 aromatic rings. The minimum absolute atomic E-state index is 0.0441. The van der Waals surface area contributed by atoms with Gasteiger partial charge in [-0.3, -0.25) is 4.79 Å². The van der Waals surface area contributed by atoms with Crippen molar-refractivity contribution in [3.63, 3.8) is 0 Å². The van der Waals surface area contributed by atoms with Gasteiger partial charge in [0.2, 0.25) is 0 Å². The maximum atomic E-state index is 12.8. The van der Waals surface area contributed by atoms with Gasteiger partial charge in [-0.15, -0.1) is 11.3 Å². The summed E-state index contributed by atoms with van der Waals surface area (Å²) in [5.41, 5.74) is 3.74. The van der Waals surface area contributed by atoms with E-state index in [1.165, 1.54) is 10.4 Å². The highest BCUT2D eigenvalue weighted by Gasteiger charge is 2.23. The van der Waals surface area contributed by atoms with Crippen molar-refractivity contribution in [1.82, 2.24) is 0 Å². The van der Waals surface area contributed by atoms with E-state index in [1.807, 2.05) is 24.4 Å². The van der Waals surface area contributed by atoms with Crippen LogP contribution in [0.5, 0.6) is 11.5 Å². The second kappa shape index (κ2) is 6.85. The van der Waals surface area contributed by atoms with Gasteiger partial charge in [0, 0.05) is 22.0 Å². The number of amides is 1. The lowest BCUT2D eigenvalue weighted by Crippen LogP contribution is -2.17. The molecule has 1 aliphatic carbocycles. The minimum atomic E-state index is -0.0441. The first-order chi connectivity index (χ1) is 11.5. The Morgan fingerprint density at radius 3 is 2.67 bits per heavy atom. The van der Waals surface area contributed by atoms with E-state index in [0.717, 1.165) is 36.1 Å². The Morgan fingerprint density at radius 2 is 1.96 bits per heavy atom. The molecule has 1 aromatic carbocycles. The molecule has 1 unspecified atom stereocenters. The molecule has 1 amide bonds. The predicted molar refractivity (Wildman–Crippen MR) is 97.7 cm³/mol. The van der Waals surface area contributed by atoms with Gasteiger partial charge >= 0.3 is 0 Å². The van der Waals surface area contributed by atoms with Crippen LogP contribution in [0.3, 0.4) is 0 Å². The highest BCUT2D eigenvalue weighted by Crippen LogP contribution is 2.35. The molecular formula is C19H23NO3S. The van der Waals surface area contributed by atoms with E-state index in [4.69, 9.17) is 9.47 Å². The van der Waals surface area contributed by atoms with Crippen LogP contribution in [-0.2, 0) is 12.8 Å². The number of carbonyl (C=O) groups is 1. The van der Waals surface area contributed by atoms with Gasteiger partial charge in [-0.05, 0) is 49.3 Å². The second-order valence-corrected chi connectivity index (χ2v) is 7.34. The standard InChI is InChI=1S/C19H23NO3S/c1-11-5-6-13-14(10-24-18(13)7-11)19(21)20-15-9-17(23-4)16(22-3)8-12(15)2/h8-11H,5-7H2,1-4H3,(H,20,21). The lowest BCUT2D eigenvalue weighted by atomic mass is 9.88. The van der Waals surface area contributed by atoms with Crippen LogP contribution in [0, 0.1) is 12.8 Å². The van der Waals surface area contributed by atoms with Crippen molar-refractivity contribution in [2.45, 2.75) is 33.1 Å².